The first-order chi connectivity index (χ1) is 8.50. The Balaban J connectivity index is 1.61. The van der Waals surface area contributed by atoms with Crippen molar-refractivity contribution in [3.05, 3.63) is 5.82 Å². The van der Waals surface area contributed by atoms with Gasteiger partial charge in [0.05, 0.1) is 5.92 Å². The smallest absolute Gasteiger partial charge is 0.253 e. The number of aromatic nitrogens is 4. The first-order valence-corrected chi connectivity index (χ1v) is 5.92. The molecule has 1 aromatic rings. The highest BCUT2D eigenvalue weighted by atomic mass is 19.3. The molecule has 1 aromatic heterocycles. The molecule has 0 aliphatic heterocycles. The van der Waals surface area contributed by atoms with Crippen LogP contribution in [0.1, 0.15) is 31.5 Å². The maximum absolute atomic E-state index is 13.4. The van der Waals surface area contributed by atoms with Crippen molar-refractivity contribution >= 4 is 5.91 Å². The Morgan fingerprint density at radius 1 is 1.61 bits per heavy atom. The van der Waals surface area contributed by atoms with Crippen molar-refractivity contribution in [3.63, 3.8) is 0 Å². The van der Waals surface area contributed by atoms with Crippen LogP contribution in [0.2, 0.25) is 0 Å². The van der Waals surface area contributed by atoms with Gasteiger partial charge in [-0.25, -0.2) is 8.78 Å². The van der Waals surface area contributed by atoms with E-state index in [0.717, 1.165) is 0 Å². The van der Waals surface area contributed by atoms with E-state index in [-0.39, 0.29) is 24.1 Å². The Hall–Kier alpha value is -1.60. The van der Waals surface area contributed by atoms with E-state index < -0.39 is 23.8 Å². The molecule has 98 valence electrons. The van der Waals surface area contributed by atoms with Crippen molar-refractivity contribution in [1.29, 1.82) is 0 Å². The summed E-state index contributed by atoms with van der Waals surface area (Å²) >= 11 is 0. The summed E-state index contributed by atoms with van der Waals surface area (Å²) in [5.41, 5.74) is 0. The summed E-state index contributed by atoms with van der Waals surface area (Å²) in [6, 6.07) is -0.393. The van der Waals surface area contributed by atoms with Crippen molar-refractivity contribution in [2.24, 2.45) is 11.8 Å². The predicted molar refractivity (Wildman–Crippen MR) is 55.7 cm³/mol. The minimum atomic E-state index is -2.63. The summed E-state index contributed by atoms with van der Waals surface area (Å²) in [6.07, 6.45) is 0.425. The van der Waals surface area contributed by atoms with Crippen LogP contribution < -0.4 is 5.32 Å². The molecule has 0 radical (unpaired) electrons. The summed E-state index contributed by atoms with van der Waals surface area (Å²) in [5, 5.41) is 15.7. The molecule has 1 heterocycles. The molecule has 0 aromatic carbocycles. The van der Waals surface area contributed by atoms with E-state index in [0.29, 0.717) is 6.42 Å². The van der Waals surface area contributed by atoms with Crippen molar-refractivity contribution in [3.8, 4) is 0 Å². The number of alkyl halides is 2. The fourth-order valence-corrected chi connectivity index (χ4v) is 2.79. The number of rotatable bonds is 3. The normalized spacial score (nSPS) is 33.8. The van der Waals surface area contributed by atoms with E-state index in [1.54, 1.807) is 6.92 Å². The number of H-pyrrole nitrogens is 1. The lowest BCUT2D eigenvalue weighted by atomic mass is 10.1. The number of aromatic amines is 1. The van der Waals surface area contributed by atoms with Gasteiger partial charge in [0.1, 0.15) is 0 Å². The zero-order chi connectivity index (χ0) is 12.9. The average molecular weight is 257 g/mol. The van der Waals surface area contributed by atoms with E-state index in [1.165, 1.54) is 0 Å². The zero-order valence-electron chi connectivity index (χ0n) is 9.73. The van der Waals surface area contributed by atoms with Gasteiger partial charge in [-0.1, -0.05) is 5.21 Å². The standard InChI is InChI=1S/C10H13F2N5O/c1-4(8-14-16-17-15-8)9(18)13-7-5-2-3-10(11,12)6(5)7/h4-7H,2-3H2,1H3,(H,13,18)(H,14,15,16,17)/t4?,5-,6+,7+/m0/s1. The minimum Gasteiger partial charge on any atom is -0.352 e. The van der Waals surface area contributed by atoms with Crippen LogP contribution in [0, 0.1) is 11.8 Å². The molecule has 2 N–H and O–H groups in total. The highest BCUT2D eigenvalue weighted by molar-refractivity contribution is 5.83. The first kappa shape index (κ1) is 11.5. The highest BCUT2D eigenvalue weighted by Crippen LogP contribution is 2.60. The van der Waals surface area contributed by atoms with Gasteiger partial charge in [-0.15, -0.1) is 10.2 Å². The van der Waals surface area contributed by atoms with Crippen molar-refractivity contribution in [1.82, 2.24) is 25.9 Å². The molecular weight excluding hydrogens is 244 g/mol. The van der Waals surface area contributed by atoms with Crippen LogP contribution in [-0.2, 0) is 4.79 Å². The second kappa shape index (κ2) is 3.69. The third-order valence-electron chi connectivity index (χ3n) is 3.92. The molecular formula is C10H13F2N5O. The fraction of sp³-hybridized carbons (Fsp3) is 0.800. The predicted octanol–water partition coefficient (Wildman–Crippen LogP) is 0.463. The quantitative estimate of drug-likeness (QED) is 0.824. The minimum absolute atomic E-state index is 0.0604. The van der Waals surface area contributed by atoms with Crippen molar-refractivity contribution in [2.45, 2.75) is 37.6 Å². The largest absolute Gasteiger partial charge is 0.352 e. The van der Waals surface area contributed by atoms with Gasteiger partial charge in [-0.2, -0.15) is 5.21 Å². The van der Waals surface area contributed by atoms with E-state index in [2.05, 4.69) is 25.9 Å². The maximum atomic E-state index is 13.4. The van der Waals surface area contributed by atoms with Gasteiger partial charge in [0.25, 0.3) is 5.92 Å². The second-order valence-corrected chi connectivity index (χ2v) is 5.02. The summed E-state index contributed by atoms with van der Waals surface area (Å²) in [4.78, 5) is 11.9. The van der Waals surface area contributed by atoms with Gasteiger partial charge in [0, 0.05) is 18.4 Å². The number of carbonyl (C=O) groups is 1. The Kier molecular flexibility index (Phi) is 2.36. The second-order valence-electron chi connectivity index (χ2n) is 5.02. The van der Waals surface area contributed by atoms with E-state index >= 15 is 0 Å². The van der Waals surface area contributed by atoms with E-state index in [1.807, 2.05) is 0 Å². The van der Waals surface area contributed by atoms with Gasteiger partial charge in [-0.05, 0) is 19.3 Å². The van der Waals surface area contributed by atoms with Gasteiger partial charge in [0.15, 0.2) is 5.82 Å². The van der Waals surface area contributed by atoms with Crippen LogP contribution in [0.15, 0.2) is 0 Å². The Morgan fingerprint density at radius 3 is 2.94 bits per heavy atom. The van der Waals surface area contributed by atoms with Gasteiger partial charge in [0.2, 0.25) is 5.91 Å². The number of nitrogens with zero attached hydrogens (tertiary/aromatic N) is 3. The molecule has 4 atom stereocenters. The third kappa shape index (κ3) is 1.67. The summed E-state index contributed by atoms with van der Waals surface area (Å²) in [5.74, 6) is -4.02. The van der Waals surface area contributed by atoms with Crippen LogP contribution >= 0.6 is 0 Å². The molecule has 0 spiro atoms. The monoisotopic (exact) mass is 257 g/mol. The van der Waals surface area contributed by atoms with Gasteiger partial charge in [-0.3, -0.25) is 4.79 Å². The molecule has 6 nitrogen and oxygen atoms in total. The van der Waals surface area contributed by atoms with Gasteiger partial charge >= 0.3 is 0 Å². The van der Waals surface area contributed by atoms with Crippen LogP contribution in [-0.4, -0.2) is 38.5 Å². The number of tetrazole rings is 1. The lowest BCUT2D eigenvalue weighted by molar-refractivity contribution is -0.123. The fourth-order valence-electron chi connectivity index (χ4n) is 2.79. The molecule has 1 unspecified atom stereocenters. The number of hydrogen-bond acceptors (Lipinski definition) is 4. The van der Waals surface area contributed by atoms with Gasteiger partial charge < -0.3 is 5.32 Å². The number of hydrogen-bond donors (Lipinski definition) is 2. The van der Waals surface area contributed by atoms with Crippen LogP contribution in [0.25, 0.3) is 0 Å². The number of amides is 1. The van der Waals surface area contributed by atoms with Crippen molar-refractivity contribution < 1.29 is 13.6 Å². The molecule has 3 rings (SSSR count). The average Bonchev–Trinajstić information content (AvgIpc) is 2.70. The van der Waals surface area contributed by atoms with Crippen LogP contribution in [0.4, 0.5) is 8.78 Å². The van der Waals surface area contributed by atoms with E-state index in [9.17, 15) is 13.6 Å². The van der Waals surface area contributed by atoms with E-state index in [4.69, 9.17) is 0 Å². The summed E-state index contributed by atoms with van der Waals surface area (Å²) in [6.45, 7) is 1.62. The molecule has 8 heteroatoms. The Morgan fingerprint density at radius 2 is 2.39 bits per heavy atom. The molecule has 0 bridgehead atoms. The lowest BCUT2D eigenvalue weighted by Crippen LogP contribution is -2.35. The Bertz CT molecular complexity index is 463. The number of fused-ring (bicyclic) bond motifs is 1. The molecule has 0 saturated heterocycles. The SMILES string of the molecule is CC(C(=O)N[C@@H]1[C@H]2CCC(F)(F)[C@H]21)c1nn[nH]n1. The first-order valence-electron chi connectivity index (χ1n) is 5.92. The summed E-state index contributed by atoms with van der Waals surface area (Å²) in [7, 11) is 0. The number of carbonyl (C=O) groups excluding carboxylic acids is 1. The lowest BCUT2D eigenvalue weighted by Gasteiger charge is -2.15. The number of halogens is 2. The molecule has 2 aliphatic carbocycles. The molecule has 2 fully saturated rings. The molecule has 2 saturated carbocycles. The maximum Gasteiger partial charge on any atom is 0.253 e. The van der Waals surface area contributed by atoms with Crippen LogP contribution in [0.3, 0.4) is 0 Å². The zero-order valence-corrected chi connectivity index (χ0v) is 9.73. The topological polar surface area (TPSA) is 83.6 Å². The Labute approximate surface area is 102 Å². The summed E-state index contributed by atoms with van der Waals surface area (Å²) < 4.78 is 26.7. The molecule has 1 amide bonds. The molecule has 18 heavy (non-hydrogen) atoms. The van der Waals surface area contributed by atoms with Crippen molar-refractivity contribution in [2.75, 3.05) is 0 Å². The third-order valence-corrected chi connectivity index (χ3v) is 3.92. The molecule has 2 aliphatic rings. The highest BCUT2D eigenvalue weighted by Gasteiger charge is 2.68. The number of nitrogens with one attached hydrogen (secondary N) is 2. The van der Waals surface area contributed by atoms with Crippen LogP contribution in [0.5, 0.6) is 0 Å².